The fraction of sp³-hybridized carbons (Fsp3) is 0.667. The predicted molar refractivity (Wildman–Crippen MR) is 83.6 cm³/mol. The van der Waals surface area contributed by atoms with Gasteiger partial charge in [-0.15, -0.1) is 0 Å². The monoisotopic (exact) mass is 291 g/mol. The first-order valence-corrected chi connectivity index (χ1v) is 7.33. The van der Waals surface area contributed by atoms with E-state index in [0.29, 0.717) is 18.1 Å². The molecule has 116 valence electrons. The molecule has 2 N–H and O–H groups in total. The Kier molecular flexibility index (Phi) is 4.46. The second-order valence-electron chi connectivity index (χ2n) is 6.71. The number of carbonyl (C=O) groups is 1. The van der Waals surface area contributed by atoms with Gasteiger partial charge in [0, 0.05) is 25.2 Å². The van der Waals surface area contributed by atoms with Gasteiger partial charge in [0.05, 0.1) is 0 Å². The largest absolute Gasteiger partial charge is 0.369 e. The van der Waals surface area contributed by atoms with Crippen LogP contribution in [-0.2, 0) is 6.42 Å². The number of hydrogen-bond acceptors (Lipinski definition) is 5. The van der Waals surface area contributed by atoms with E-state index in [1.807, 2.05) is 6.92 Å². The van der Waals surface area contributed by atoms with Crippen molar-refractivity contribution in [1.29, 1.82) is 0 Å². The Morgan fingerprint density at radius 1 is 1.33 bits per heavy atom. The van der Waals surface area contributed by atoms with E-state index in [1.54, 1.807) is 0 Å². The Morgan fingerprint density at radius 2 is 2.05 bits per heavy atom. The summed E-state index contributed by atoms with van der Waals surface area (Å²) in [4.78, 5) is 22.8. The Labute approximate surface area is 126 Å². The number of amides is 1. The molecule has 2 rings (SSSR count). The lowest BCUT2D eigenvalue weighted by atomic mass is 9.92. The van der Waals surface area contributed by atoms with Crippen molar-refractivity contribution in [2.45, 2.75) is 27.2 Å². The maximum Gasteiger partial charge on any atom is 0.270 e. The number of hydrogen-bond donors (Lipinski definition) is 2. The molecule has 0 aromatic carbocycles. The molecular formula is C15H25N5O. The summed E-state index contributed by atoms with van der Waals surface area (Å²) >= 11 is 0. The number of nitrogens with one attached hydrogen (secondary N) is 2. The third kappa shape index (κ3) is 3.91. The molecule has 0 atom stereocenters. The van der Waals surface area contributed by atoms with E-state index in [-0.39, 0.29) is 11.3 Å². The lowest BCUT2D eigenvalue weighted by Crippen LogP contribution is -2.36. The molecular weight excluding hydrogens is 266 g/mol. The van der Waals surface area contributed by atoms with Gasteiger partial charge in [0.25, 0.3) is 5.91 Å². The zero-order chi connectivity index (χ0) is 15.6. The fourth-order valence-corrected chi connectivity index (χ4v) is 2.79. The highest BCUT2D eigenvalue weighted by atomic mass is 16.1. The summed E-state index contributed by atoms with van der Waals surface area (Å²) in [6.07, 6.45) is 0.776. The molecule has 1 amide bonds. The van der Waals surface area contributed by atoms with Crippen LogP contribution < -0.4 is 10.6 Å². The number of fused-ring (bicyclic) bond motifs is 1. The summed E-state index contributed by atoms with van der Waals surface area (Å²) in [5.74, 6) is 1.33. The molecule has 0 aliphatic carbocycles. The van der Waals surface area contributed by atoms with Crippen molar-refractivity contribution in [2.24, 2.45) is 5.41 Å². The zero-order valence-corrected chi connectivity index (χ0v) is 13.6. The molecule has 0 bridgehead atoms. The average molecular weight is 291 g/mol. The Morgan fingerprint density at radius 3 is 2.71 bits per heavy atom. The molecule has 0 radical (unpaired) electrons. The molecule has 1 aromatic rings. The van der Waals surface area contributed by atoms with E-state index in [0.717, 1.165) is 30.9 Å². The minimum absolute atomic E-state index is 0.0997. The average Bonchev–Trinajstić information content (AvgIpc) is 2.36. The van der Waals surface area contributed by atoms with Gasteiger partial charge in [-0.25, -0.2) is 9.97 Å². The first kappa shape index (κ1) is 15.7. The number of rotatable bonds is 5. The van der Waals surface area contributed by atoms with Crippen molar-refractivity contribution in [3.8, 4) is 0 Å². The highest BCUT2D eigenvalue weighted by Gasteiger charge is 2.24. The molecule has 0 unspecified atom stereocenters. The maximum atomic E-state index is 11.9. The zero-order valence-electron chi connectivity index (χ0n) is 13.6. The molecule has 0 saturated heterocycles. The summed E-state index contributed by atoms with van der Waals surface area (Å²) in [5, 5.41) is 6.25. The van der Waals surface area contributed by atoms with E-state index in [9.17, 15) is 4.79 Å². The van der Waals surface area contributed by atoms with Gasteiger partial charge in [-0.1, -0.05) is 13.8 Å². The molecule has 1 aliphatic heterocycles. The van der Waals surface area contributed by atoms with Crippen LogP contribution in [0, 0.1) is 12.3 Å². The topological polar surface area (TPSA) is 70.2 Å². The van der Waals surface area contributed by atoms with Crippen molar-refractivity contribution in [2.75, 3.05) is 39.0 Å². The van der Waals surface area contributed by atoms with E-state index in [4.69, 9.17) is 0 Å². The summed E-state index contributed by atoms with van der Waals surface area (Å²) < 4.78 is 0. The van der Waals surface area contributed by atoms with Crippen molar-refractivity contribution in [3.63, 3.8) is 0 Å². The normalized spacial score (nSPS) is 14.9. The molecule has 6 nitrogen and oxygen atoms in total. The van der Waals surface area contributed by atoms with Gasteiger partial charge in [-0.2, -0.15) is 0 Å². The van der Waals surface area contributed by atoms with Gasteiger partial charge in [-0.3, -0.25) is 4.79 Å². The van der Waals surface area contributed by atoms with Gasteiger partial charge in [0.1, 0.15) is 17.3 Å². The molecule has 2 heterocycles. The standard InChI is InChI=1S/C15H25N5O/c1-10-18-12-11(6-7-16-14(12)21)13(19-10)17-8-15(2,3)9-20(4)5/h6-9H2,1-5H3,(H,16,21)(H,17,18,19). The van der Waals surface area contributed by atoms with Crippen LogP contribution in [0.25, 0.3) is 0 Å². The minimum Gasteiger partial charge on any atom is -0.369 e. The van der Waals surface area contributed by atoms with Crippen LogP contribution in [0.2, 0.25) is 0 Å². The molecule has 21 heavy (non-hydrogen) atoms. The Balaban J connectivity index is 2.19. The lowest BCUT2D eigenvalue weighted by Gasteiger charge is -2.29. The number of anilines is 1. The number of carbonyl (C=O) groups excluding carboxylic acids is 1. The smallest absolute Gasteiger partial charge is 0.270 e. The number of aryl methyl sites for hydroxylation is 1. The van der Waals surface area contributed by atoms with Crippen molar-refractivity contribution in [3.05, 3.63) is 17.1 Å². The predicted octanol–water partition coefficient (Wildman–Crippen LogP) is 1.07. The van der Waals surface area contributed by atoms with Crippen LogP contribution in [0.15, 0.2) is 0 Å². The van der Waals surface area contributed by atoms with Gasteiger partial charge >= 0.3 is 0 Å². The summed E-state index contributed by atoms with van der Waals surface area (Å²) in [6.45, 7) is 8.68. The second kappa shape index (κ2) is 5.97. The van der Waals surface area contributed by atoms with Crippen molar-refractivity contribution in [1.82, 2.24) is 20.2 Å². The summed E-state index contributed by atoms with van der Waals surface area (Å²) in [7, 11) is 4.14. The highest BCUT2D eigenvalue weighted by Crippen LogP contribution is 2.23. The number of aromatic nitrogens is 2. The van der Waals surface area contributed by atoms with E-state index in [1.165, 1.54) is 0 Å². The third-order valence-electron chi connectivity index (χ3n) is 3.47. The number of nitrogens with zero attached hydrogens (tertiary/aromatic N) is 3. The molecule has 6 heteroatoms. The first-order valence-electron chi connectivity index (χ1n) is 7.33. The van der Waals surface area contributed by atoms with E-state index < -0.39 is 0 Å². The fourth-order valence-electron chi connectivity index (χ4n) is 2.79. The van der Waals surface area contributed by atoms with Gasteiger partial charge < -0.3 is 15.5 Å². The van der Waals surface area contributed by atoms with Crippen LogP contribution >= 0.6 is 0 Å². The lowest BCUT2D eigenvalue weighted by molar-refractivity contribution is 0.0940. The van der Waals surface area contributed by atoms with E-state index in [2.05, 4.69) is 53.4 Å². The second-order valence-corrected chi connectivity index (χ2v) is 6.71. The van der Waals surface area contributed by atoms with E-state index >= 15 is 0 Å². The van der Waals surface area contributed by atoms with Crippen LogP contribution in [0.5, 0.6) is 0 Å². The Bertz CT molecular complexity index is 539. The van der Waals surface area contributed by atoms with Crippen LogP contribution in [0.3, 0.4) is 0 Å². The Hall–Kier alpha value is -1.69. The molecule has 0 spiro atoms. The van der Waals surface area contributed by atoms with Gasteiger partial charge in [0.15, 0.2) is 0 Å². The third-order valence-corrected chi connectivity index (χ3v) is 3.47. The summed E-state index contributed by atoms with van der Waals surface area (Å²) in [5.41, 5.74) is 1.57. The van der Waals surface area contributed by atoms with Gasteiger partial charge in [0.2, 0.25) is 0 Å². The van der Waals surface area contributed by atoms with Crippen molar-refractivity contribution < 1.29 is 4.79 Å². The van der Waals surface area contributed by atoms with Crippen LogP contribution in [0.1, 0.15) is 35.7 Å². The van der Waals surface area contributed by atoms with Crippen molar-refractivity contribution >= 4 is 11.7 Å². The molecule has 1 aromatic heterocycles. The quantitative estimate of drug-likeness (QED) is 0.849. The first-order chi connectivity index (χ1) is 9.78. The maximum absolute atomic E-state index is 11.9. The summed E-state index contributed by atoms with van der Waals surface area (Å²) in [6, 6.07) is 0. The highest BCUT2D eigenvalue weighted by molar-refractivity contribution is 5.95. The SMILES string of the molecule is Cc1nc(NCC(C)(C)CN(C)C)c2c(n1)C(=O)NCC2. The van der Waals surface area contributed by atoms with Crippen LogP contribution in [-0.4, -0.2) is 54.5 Å². The van der Waals surface area contributed by atoms with Crippen LogP contribution in [0.4, 0.5) is 5.82 Å². The molecule has 1 aliphatic rings. The molecule has 0 saturated carbocycles. The molecule has 0 fully saturated rings. The minimum atomic E-state index is -0.0997. The van der Waals surface area contributed by atoms with Gasteiger partial charge in [-0.05, 0) is 32.9 Å².